The minimum Gasteiger partial charge on any atom is -0.339 e. The Kier molecular flexibility index (Phi) is 4.70. The minimum atomic E-state index is 0.470. The topological polar surface area (TPSA) is 51.0 Å². The smallest absolute Gasteiger partial charge is 0.228 e. The molecule has 0 aliphatic heterocycles. The van der Waals surface area contributed by atoms with E-state index in [1.165, 1.54) is 12.8 Å². The molecule has 1 aromatic carbocycles. The van der Waals surface area contributed by atoms with Gasteiger partial charge in [-0.05, 0) is 43.9 Å². The molecule has 1 aliphatic rings. The van der Waals surface area contributed by atoms with Crippen molar-refractivity contribution in [2.75, 3.05) is 6.54 Å². The van der Waals surface area contributed by atoms with Crippen LogP contribution in [-0.2, 0) is 6.42 Å². The minimum absolute atomic E-state index is 0.470. The summed E-state index contributed by atoms with van der Waals surface area (Å²) >= 11 is 3.53. The predicted octanol–water partition coefficient (Wildman–Crippen LogP) is 3.82. The van der Waals surface area contributed by atoms with Crippen LogP contribution in [0.3, 0.4) is 0 Å². The van der Waals surface area contributed by atoms with Crippen molar-refractivity contribution in [3.05, 3.63) is 34.6 Å². The average Bonchev–Trinajstić information content (AvgIpc) is 3.24. The lowest BCUT2D eigenvalue weighted by atomic mass is 10.1. The lowest BCUT2D eigenvalue weighted by Gasteiger charge is -2.15. The molecule has 0 bridgehead atoms. The molecule has 5 heteroatoms. The highest BCUT2D eigenvalue weighted by molar-refractivity contribution is 9.10. The van der Waals surface area contributed by atoms with Gasteiger partial charge in [0, 0.05) is 22.5 Å². The SMILES string of the molecule is CCCNC(Cc1nc(-c2ccccc2Br)no1)C1CC1. The van der Waals surface area contributed by atoms with Crippen molar-refractivity contribution in [1.29, 1.82) is 0 Å². The van der Waals surface area contributed by atoms with E-state index in [1.54, 1.807) is 0 Å². The zero-order valence-corrected chi connectivity index (χ0v) is 13.8. The quantitative estimate of drug-likeness (QED) is 0.825. The first-order valence-electron chi connectivity index (χ1n) is 7.58. The number of benzene rings is 1. The summed E-state index contributed by atoms with van der Waals surface area (Å²) in [6.07, 6.45) is 4.59. The maximum absolute atomic E-state index is 5.44. The fourth-order valence-corrected chi connectivity index (χ4v) is 2.97. The first-order valence-corrected chi connectivity index (χ1v) is 8.38. The second-order valence-corrected chi connectivity index (χ2v) is 6.45. The number of hydrogen-bond donors (Lipinski definition) is 1. The van der Waals surface area contributed by atoms with E-state index in [1.807, 2.05) is 24.3 Å². The van der Waals surface area contributed by atoms with Gasteiger partial charge >= 0.3 is 0 Å². The van der Waals surface area contributed by atoms with Gasteiger partial charge < -0.3 is 9.84 Å². The molecule has 0 spiro atoms. The standard InChI is InChI=1S/C16H20BrN3O/c1-2-9-18-14(11-7-8-11)10-15-19-16(20-21-15)12-5-3-4-6-13(12)17/h3-6,11,14,18H,2,7-10H2,1H3. The van der Waals surface area contributed by atoms with Crippen LogP contribution in [0.2, 0.25) is 0 Å². The summed E-state index contributed by atoms with van der Waals surface area (Å²) in [6.45, 7) is 3.24. The van der Waals surface area contributed by atoms with E-state index in [0.717, 1.165) is 41.2 Å². The summed E-state index contributed by atoms with van der Waals surface area (Å²) < 4.78 is 6.43. The second kappa shape index (κ2) is 6.71. The number of hydrogen-bond acceptors (Lipinski definition) is 4. The van der Waals surface area contributed by atoms with E-state index in [0.29, 0.717) is 11.9 Å². The van der Waals surface area contributed by atoms with Gasteiger partial charge in [0.05, 0.1) is 0 Å². The van der Waals surface area contributed by atoms with E-state index in [2.05, 4.69) is 38.3 Å². The van der Waals surface area contributed by atoms with Crippen molar-refractivity contribution < 1.29 is 4.52 Å². The largest absolute Gasteiger partial charge is 0.339 e. The maximum Gasteiger partial charge on any atom is 0.228 e. The molecule has 1 saturated carbocycles. The van der Waals surface area contributed by atoms with E-state index in [4.69, 9.17) is 4.52 Å². The van der Waals surface area contributed by atoms with E-state index < -0.39 is 0 Å². The fraction of sp³-hybridized carbons (Fsp3) is 0.500. The summed E-state index contributed by atoms with van der Waals surface area (Å²) in [4.78, 5) is 4.55. The number of nitrogens with one attached hydrogen (secondary N) is 1. The van der Waals surface area contributed by atoms with Crippen LogP contribution in [0.1, 0.15) is 32.1 Å². The Morgan fingerprint density at radius 1 is 1.38 bits per heavy atom. The molecule has 1 fully saturated rings. The summed E-state index contributed by atoms with van der Waals surface area (Å²) in [6, 6.07) is 8.41. The number of aromatic nitrogens is 2. The van der Waals surface area contributed by atoms with Crippen LogP contribution >= 0.6 is 15.9 Å². The Labute approximate surface area is 133 Å². The first kappa shape index (κ1) is 14.7. The van der Waals surface area contributed by atoms with Gasteiger partial charge in [-0.1, -0.05) is 40.1 Å². The van der Waals surface area contributed by atoms with Crippen LogP contribution in [-0.4, -0.2) is 22.7 Å². The lowest BCUT2D eigenvalue weighted by Crippen LogP contribution is -2.33. The van der Waals surface area contributed by atoms with Crippen LogP contribution in [0.5, 0.6) is 0 Å². The summed E-state index contributed by atoms with van der Waals surface area (Å²) in [7, 11) is 0. The van der Waals surface area contributed by atoms with Crippen LogP contribution in [0.15, 0.2) is 33.3 Å². The summed E-state index contributed by atoms with van der Waals surface area (Å²) in [5.41, 5.74) is 0.969. The van der Waals surface area contributed by atoms with Crippen molar-refractivity contribution in [3.8, 4) is 11.4 Å². The fourth-order valence-electron chi connectivity index (χ4n) is 2.51. The lowest BCUT2D eigenvalue weighted by molar-refractivity contribution is 0.346. The molecule has 0 amide bonds. The highest BCUT2D eigenvalue weighted by atomic mass is 79.9. The average molecular weight is 350 g/mol. The van der Waals surface area contributed by atoms with E-state index in [9.17, 15) is 0 Å². The van der Waals surface area contributed by atoms with Crippen LogP contribution < -0.4 is 5.32 Å². The van der Waals surface area contributed by atoms with Gasteiger partial charge in [-0.2, -0.15) is 4.98 Å². The van der Waals surface area contributed by atoms with E-state index in [-0.39, 0.29) is 0 Å². The van der Waals surface area contributed by atoms with Gasteiger partial charge in [0.2, 0.25) is 11.7 Å². The van der Waals surface area contributed by atoms with Crippen molar-refractivity contribution in [2.45, 2.75) is 38.6 Å². The Morgan fingerprint density at radius 3 is 2.90 bits per heavy atom. The van der Waals surface area contributed by atoms with Crippen LogP contribution in [0.25, 0.3) is 11.4 Å². The van der Waals surface area contributed by atoms with Crippen molar-refractivity contribution >= 4 is 15.9 Å². The molecule has 1 N–H and O–H groups in total. The molecule has 21 heavy (non-hydrogen) atoms. The first-order chi connectivity index (χ1) is 10.3. The molecule has 1 aromatic heterocycles. The number of rotatable bonds is 7. The highest BCUT2D eigenvalue weighted by Crippen LogP contribution is 2.34. The Morgan fingerprint density at radius 2 is 2.19 bits per heavy atom. The molecular formula is C16H20BrN3O. The molecule has 0 saturated heterocycles. The normalized spacial score (nSPS) is 16.1. The van der Waals surface area contributed by atoms with Gasteiger partial charge in [-0.3, -0.25) is 0 Å². The van der Waals surface area contributed by atoms with Gasteiger partial charge in [-0.25, -0.2) is 0 Å². The molecule has 2 aromatic rings. The van der Waals surface area contributed by atoms with Crippen LogP contribution in [0.4, 0.5) is 0 Å². The Hall–Kier alpha value is -1.20. The molecular weight excluding hydrogens is 330 g/mol. The van der Waals surface area contributed by atoms with Crippen molar-refractivity contribution in [2.24, 2.45) is 5.92 Å². The zero-order chi connectivity index (χ0) is 14.7. The number of halogens is 1. The second-order valence-electron chi connectivity index (χ2n) is 5.59. The Bertz CT molecular complexity index is 595. The molecule has 1 aliphatic carbocycles. The number of nitrogens with zero attached hydrogens (tertiary/aromatic N) is 2. The molecule has 1 unspecified atom stereocenters. The monoisotopic (exact) mass is 349 g/mol. The summed E-state index contributed by atoms with van der Waals surface area (Å²) in [5, 5.41) is 7.72. The van der Waals surface area contributed by atoms with Crippen LogP contribution in [0, 0.1) is 5.92 Å². The third-order valence-electron chi connectivity index (χ3n) is 3.82. The molecule has 0 radical (unpaired) electrons. The van der Waals surface area contributed by atoms with Gasteiger partial charge in [-0.15, -0.1) is 0 Å². The third-order valence-corrected chi connectivity index (χ3v) is 4.52. The Balaban J connectivity index is 1.71. The molecule has 1 heterocycles. The zero-order valence-electron chi connectivity index (χ0n) is 12.2. The van der Waals surface area contributed by atoms with Gasteiger partial charge in [0.1, 0.15) is 0 Å². The molecule has 1 atom stereocenters. The maximum atomic E-state index is 5.44. The highest BCUT2D eigenvalue weighted by Gasteiger charge is 2.32. The molecule has 3 rings (SSSR count). The third kappa shape index (κ3) is 3.71. The predicted molar refractivity (Wildman–Crippen MR) is 85.9 cm³/mol. The van der Waals surface area contributed by atoms with Crippen molar-refractivity contribution in [1.82, 2.24) is 15.5 Å². The molecule has 112 valence electrons. The van der Waals surface area contributed by atoms with Gasteiger partial charge in [0.15, 0.2) is 0 Å². The molecule has 4 nitrogen and oxygen atoms in total. The van der Waals surface area contributed by atoms with E-state index >= 15 is 0 Å². The van der Waals surface area contributed by atoms with Gasteiger partial charge in [0.25, 0.3) is 0 Å². The summed E-state index contributed by atoms with van der Waals surface area (Å²) in [5.74, 6) is 2.15. The van der Waals surface area contributed by atoms with Crippen molar-refractivity contribution in [3.63, 3.8) is 0 Å².